The van der Waals surface area contributed by atoms with E-state index in [1.807, 2.05) is 37.3 Å². The molecule has 1 aliphatic rings. The predicted octanol–water partition coefficient (Wildman–Crippen LogP) is 2.96. The Bertz CT molecular complexity index is 1040. The van der Waals surface area contributed by atoms with Gasteiger partial charge in [0, 0.05) is 12.7 Å². The smallest absolute Gasteiger partial charge is 0.336 e. The number of nitrogens with zero attached hydrogens (tertiary/aromatic N) is 3. The molecule has 7 nitrogen and oxygen atoms in total. The zero-order chi connectivity index (χ0) is 19.1. The van der Waals surface area contributed by atoms with E-state index >= 15 is 0 Å². The second kappa shape index (κ2) is 6.35. The van der Waals surface area contributed by atoms with Crippen molar-refractivity contribution in [3.05, 3.63) is 76.9 Å². The van der Waals surface area contributed by atoms with Crippen LogP contribution < -0.4 is 5.32 Å². The zero-order valence-electron chi connectivity index (χ0n) is 14.9. The van der Waals surface area contributed by atoms with Gasteiger partial charge in [0.25, 0.3) is 0 Å². The van der Waals surface area contributed by atoms with Gasteiger partial charge in [-0.1, -0.05) is 36.4 Å². The lowest BCUT2D eigenvalue weighted by Gasteiger charge is -2.34. The molecule has 7 heteroatoms. The van der Waals surface area contributed by atoms with Gasteiger partial charge in [-0.15, -0.1) is 10.2 Å². The molecular formula is C20H18N4O3. The highest BCUT2D eigenvalue weighted by Gasteiger charge is 2.42. The summed E-state index contributed by atoms with van der Waals surface area (Å²) in [5, 5.41) is 21.2. The Morgan fingerprint density at radius 2 is 1.85 bits per heavy atom. The number of aryl methyl sites for hydroxylation is 1. The van der Waals surface area contributed by atoms with E-state index in [1.54, 1.807) is 23.7 Å². The fourth-order valence-corrected chi connectivity index (χ4v) is 3.57. The summed E-state index contributed by atoms with van der Waals surface area (Å²) in [6, 6.07) is 14.0. The van der Waals surface area contributed by atoms with Crippen molar-refractivity contribution in [3.63, 3.8) is 0 Å². The molecule has 1 aliphatic heterocycles. The van der Waals surface area contributed by atoms with Crippen LogP contribution >= 0.6 is 0 Å². The summed E-state index contributed by atoms with van der Waals surface area (Å²) in [6.07, 6.45) is 0. The van der Waals surface area contributed by atoms with Crippen LogP contribution in [0.4, 0.5) is 5.69 Å². The molecule has 0 bridgehead atoms. The molecule has 2 atom stereocenters. The molecule has 3 aromatic rings. The van der Waals surface area contributed by atoms with E-state index in [0.29, 0.717) is 17.3 Å². The lowest BCUT2D eigenvalue weighted by molar-refractivity contribution is 0.0690. The molecule has 4 rings (SSSR count). The number of aromatic carboxylic acids is 1. The minimum atomic E-state index is -1.13. The van der Waals surface area contributed by atoms with E-state index in [2.05, 4.69) is 15.5 Å². The van der Waals surface area contributed by atoms with E-state index in [-0.39, 0.29) is 23.0 Å². The monoisotopic (exact) mass is 362 g/mol. The second-order valence-corrected chi connectivity index (χ2v) is 6.57. The molecule has 0 spiro atoms. The summed E-state index contributed by atoms with van der Waals surface area (Å²) >= 11 is 0. The number of anilines is 1. The van der Waals surface area contributed by atoms with Gasteiger partial charge in [-0.3, -0.25) is 4.79 Å². The molecule has 27 heavy (non-hydrogen) atoms. The first-order valence-electron chi connectivity index (χ1n) is 8.57. The number of carboxylic acids is 1. The Morgan fingerprint density at radius 3 is 2.48 bits per heavy atom. The number of fused-ring (bicyclic) bond motifs is 1. The van der Waals surface area contributed by atoms with Crippen molar-refractivity contribution in [1.82, 2.24) is 14.8 Å². The zero-order valence-corrected chi connectivity index (χ0v) is 14.9. The number of carbonyl (C=O) groups excluding carboxylic acids is 1. The molecular weight excluding hydrogens is 344 g/mol. The van der Waals surface area contributed by atoms with Crippen molar-refractivity contribution in [2.45, 2.75) is 18.9 Å². The van der Waals surface area contributed by atoms with Crippen molar-refractivity contribution in [2.24, 2.45) is 7.05 Å². The van der Waals surface area contributed by atoms with Gasteiger partial charge in [-0.05, 0) is 24.6 Å². The lowest BCUT2D eigenvalue weighted by atomic mass is 9.80. The van der Waals surface area contributed by atoms with Gasteiger partial charge in [0.2, 0.25) is 0 Å². The molecule has 1 aromatic heterocycles. The summed E-state index contributed by atoms with van der Waals surface area (Å²) in [4.78, 5) is 25.2. The third-order valence-corrected chi connectivity index (χ3v) is 5.03. The van der Waals surface area contributed by atoms with Crippen LogP contribution in [0.15, 0.2) is 48.5 Å². The number of rotatable bonds is 3. The minimum Gasteiger partial charge on any atom is -0.478 e. The predicted molar refractivity (Wildman–Crippen MR) is 99.0 cm³/mol. The summed E-state index contributed by atoms with van der Waals surface area (Å²) < 4.78 is 1.77. The van der Waals surface area contributed by atoms with Crippen LogP contribution in [0.2, 0.25) is 0 Å². The average molecular weight is 362 g/mol. The molecule has 0 radical (unpaired) electrons. The normalized spacial score (nSPS) is 18.7. The maximum Gasteiger partial charge on any atom is 0.336 e. The molecule has 136 valence electrons. The maximum absolute atomic E-state index is 13.5. The molecule has 0 amide bonds. The van der Waals surface area contributed by atoms with Gasteiger partial charge in [0.1, 0.15) is 17.6 Å². The van der Waals surface area contributed by atoms with Crippen LogP contribution in [0, 0.1) is 6.92 Å². The minimum absolute atomic E-state index is 0.0135. The number of nitrogens with one attached hydrogen (secondary N) is 1. The van der Waals surface area contributed by atoms with Crippen LogP contribution in [0.3, 0.4) is 0 Å². The number of carboxylic acid groups (broad SMARTS) is 1. The number of aromatic nitrogens is 3. The number of hydrogen-bond acceptors (Lipinski definition) is 5. The molecule has 2 heterocycles. The highest BCUT2D eigenvalue weighted by Crippen LogP contribution is 2.42. The second-order valence-electron chi connectivity index (χ2n) is 6.57. The van der Waals surface area contributed by atoms with Gasteiger partial charge in [-0.25, -0.2) is 4.79 Å². The Kier molecular flexibility index (Phi) is 3.99. The third-order valence-electron chi connectivity index (χ3n) is 5.03. The Balaban J connectivity index is 1.94. The van der Waals surface area contributed by atoms with Gasteiger partial charge in [-0.2, -0.15) is 0 Å². The first-order valence-corrected chi connectivity index (χ1v) is 8.57. The lowest BCUT2D eigenvalue weighted by Crippen LogP contribution is -2.34. The van der Waals surface area contributed by atoms with Crippen LogP contribution in [-0.4, -0.2) is 31.6 Å². The SMILES string of the molecule is Cc1nnc(C2C(=O)c3c(cccc3C(=O)O)NC2c2ccccc2)n1C. The highest BCUT2D eigenvalue weighted by atomic mass is 16.4. The van der Waals surface area contributed by atoms with Crippen molar-refractivity contribution >= 4 is 17.4 Å². The standard InChI is InChI=1S/C20H18N4O3/c1-11-22-23-19(24(11)2)16-17(12-7-4-3-5-8-12)21-14-10-6-9-13(20(26)27)15(14)18(16)25/h3-10,16-17,21H,1-2H3,(H,26,27). The number of hydrogen-bond donors (Lipinski definition) is 2. The number of Topliss-reactive ketones (excluding diaryl/α,β-unsaturated/α-hetero) is 1. The molecule has 2 N–H and O–H groups in total. The Hall–Kier alpha value is -3.48. The van der Waals surface area contributed by atoms with E-state index in [4.69, 9.17) is 0 Å². The summed E-state index contributed by atoms with van der Waals surface area (Å²) in [7, 11) is 1.80. The van der Waals surface area contributed by atoms with Crippen LogP contribution in [0.1, 0.15) is 49.9 Å². The quantitative estimate of drug-likeness (QED) is 0.743. The van der Waals surface area contributed by atoms with Gasteiger partial charge >= 0.3 is 5.97 Å². The molecule has 2 unspecified atom stereocenters. The van der Waals surface area contributed by atoms with Gasteiger partial charge < -0.3 is 15.0 Å². The van der Waals surface area contributed by atoms with E-state index < -0.39 is 11.9 Å². The first kappa shape index (κ1) is 17.0. The van der Waals surface area contributed by atoms with Crippen molar-refractivity contribution < 1.29 is 14.7 Å². The number of benzene rings is 2. The van der Waals surface area contributed by atoms with Crippen molar-refractivity contribution in [2.75, 3.05) is 5.32 Å². The molecule has 0 saturated carbocycles. The van der Waals surface area contributed by atoms with E-state index in [0.717, 1.165) is 5.56 Å². The van der Waals surface area contributed by atoms with E-state index in [1.165, 1.54) is 6.07 Å². The molecule has 2 aromatic carbocycles. The fourth-order valence-electron chi connectivity index (χ4n) is 3.57. The largest absolute Gasteiger partial charge is 0.478 e. The van der Waals surface area contributed by atoms with Crippen LogP contribution in [0.5, 0.6) is 0 Å². The fraction of sp³-hybridized carbons (Fsp3) is 0.200. The molecule has 0 saturated heterocycles. The molecule has 0 fully saturated rings. The van der Waals surface area contributed by atoms with E-state index in [9.17, 15) is 14.7 Å². The Morgan fingerprint density at radius 1 is 1.11 bits per heavy atom. The number of ketones is 1. The topological polar surface area (TPSA) is 97.1 Å². The third kappa shape index (κ3) is 2.68. The summed E-state index contributed by atoms with van der Waals surface area (Å²) in [6.45, 7) is 1.81. The van der Waals surface area contributed by atoms with Gasteiger partial charge in [0.05, 0.1) is 17.2 Å². The first-order chi connectivity index (χ1) is 13.0. The highest BCUT2D eigenvalue weighted by molar-refractivity contribution is 6.14. The summed E-state index contributed by atoms with van der Waals surface area (Å²) in [5.74, 6) is -0.905. The van der Waals surface area contributed by atoms with Crippen LogP contribution in [0.25, 0.3) is 0 Å². The molecule has 0 aliphatic carbocycles. The Labute approximate surface area is 155 Å². The van der Waals surface area contributed by atoms with Crippen molar-refractivity contribution in [1.29, 1.82) is 0 Å². The van der Waals surface area contributed by atoms with Gasteiger partial charge in [0.15, 0.2) is 5.78 Å². The number of carbonyl (C=O) groups is 2. The van der Waals surface area contributed by atoms with Crippen LogP contribution in [-0.2, 0) is 7.05 Å². The van der Waals surface area contributed by atoms with Crippen molar-refractivity contribution in [3.8, 4) is 0 Å². The summed E-state index contributed by atoms with van der Waals surface area (Å²) in [5.41, 5.74) is 1.61. The average Bonchev–Trinajstić information content (AvgIpc) is 3.00. The maximum atomic E-state index is 13.5.